The normalized spacial score (nSPS) is 13.4. The van der Waals surface area contributed by atoms with E-state index < -0.39 is 21.4 Å². The SMILES string of the molecule is CC(C)[NH][Zr]([NH]C(C)C)([NH]C(C)C)[NH]C(C)C. The van der Waals surface area contributed by atoms with Crippen LogP contribution in [0.15, 0.2) is 0 Å². The Morgan fingerprint density at radius 1 is 0.471 bits per heavy atom. The maximum atomic E-state index is 3.76. The van der Waals surface area contributed by atoms with Gasteiger partial charge in [-0.25, -0.2) is 0 Å². The van der Waals surface area contributed by atoms with Gasteiger partial charge in [-0.1, -0.05) is 0 Å². The number of hydrogen-bond donors (Lipinski definition) is 4. The molecule has 0 amide bonds. The summed E-state index contributed by atoms with van der Waals surface area (Å²) in [5.74, 6) is 0. The topological polar surface area (TPSA) is 48.1 Å². The zero-order chi connectivity index (χ0) is 13.6. The van der Waals surface area contributed by atoms with Crippen molar-refractivity contribution in [1.82, 2.24) is 13.0 Å². The van der Waals surface area contributed by atoms with Gasteiger partial charge in [-0.2, -0.15) is 0 Å². The zero-order valence-corrected chi connectivity index (χ0v) is 15.3. The minimum absolute atomic E-state index is 0.481. The van der Waals surface area contributed by atoms with Crippen LogP contribution in [0.25, 0.3) is 0 Å². The van der Waals surface area contributed by atoms with E-state index >= 15 is 0 Å². The Hall–Kier alpha value is 0.723. The summed E-state index contributed by atoms with van der Waals surface area (Å²) in [6, 6.07) is 1.92. The van der Waals surface area contributed by atoms with Crippen LogP contribution in [0.5, 0.6) is 0 Å². The van der Waals surface area contributed by atoms with Crippen molar-refractivity contribution in [3.8, 4) is 0 Å². The van der Waals surface area contributed by atoms with Crippen molar-refractivity contribution in [3.63, 3.8) is 0 Å². The van der Waals surface area contributed by atoms with E-state index in [-0.39, 0.29) is 0 Å². The first-order valence-corrected chi connectivity index (χ1v) is 11.7. The predicted molar refractivity (Wildman–Crippen MR) is 73.1 cm³/mol. The molecule has 5 heteroatoms. The van der Waals surface area contributed by atoms with Gasteiger partial charge in [0.2, 0.25) is 0 Å². The third kappa shape index (κ3) is 8.44. The molecule has 0 heterocycles. The van der Waals surface area contributed by atoms with E-state index in [4.69, 9.17) is 0 Å². The molecular weight excluding hydrogens is 291 g/mol. The van der Waals surface area contributed by atoms with Gasteiger partial charge >= 0.3 is 114 Å². The molecule has 0 saturated carbocycles. The molecule has 0 fully saturated rings. The van der Waals surface area contributed by atoms with Crippen molar-refractivity contribution >= 4 is 0 Å². The van der Waals surface area contributed by atoms with E-state index in [0.29, 0.717) is 24.2 Å². The quantitative estimate of drug-likeness (QED) is 0.550. The molecule has 0 rings (SSSR count). The second kappa shape index (κ2) is 8.01. The second-order valence-corrected chi connectivity index (χ2v) is 12.5. The van der Waals surface area contributed by atoms with Crippen molar-refractivity contribution in [1.29, 1.82) is 0 Å². The van der Waals surface area contributed by atoms with Gasteiger partial charge in [0, 0.05) is 0 Å². The molecule has 0 aromatic rings. The molecule has 0 spiro atoms. The predicted octanol–water partition coefficient (Wildman–Crippen LogP) is 1.79. The molecule has 17 heavy (non-hydrogen) atoms. The van der Waals surface area contributed by atoms with Crippen LogP contribution in [-0.4, -0.2) is 24.2 Å². The van der Waals surface area contributed by atoms with Crippen molar-refractivity contribution in [2.75, 3.05) is 0 Å². The van der Waals surface area contributed by atoms with E-state index in [0.717, 1.165) is 0 Å². The molecule has 0 unspecified atom stereocenters. The fraction of sp³-hybridized carbons (Fsp3) is 1.00. The zero-order valence-electron chi connectivity index (χ0n) is 12.8. The van der Waals surface area contributed by atoms with Gasteiger partial charge in [0.05, 0.1) is 0 Å². The first-order chi connectivity index (χ1) is 7.67. The van der Waals surface area contributed by atoms with Gasteiger partial charge in [0.1, 0.15) is 0 Å². The standard InChI is InChI=1S/4C3H8N.Zr/c4*1-3(2)4;/h4*3-4H,1-2H3;/q4*-1;+4. The van der Waals surface area contributed by atoms with E-state index in [1.807, 2.05) is 0 Å². The monoisotopic (exact) mass is 322 g/mol. The fourth-order valence-corrected chi connectivity index (χ4v) is 11.7. The molecule has 0 aromatic carbocycles. The molecule has 4 N–H and O–H groups in total. The fourth-order valence-electron chi connectivity index (χ4n) is 1.98. The number of nitrogens with one attached hydrogen (secondary N) is 4. The molecule has 0 atom stereocenters. The van der Waals surface area contributed by atoms with Crippen LogP contribution in [0.2, 0.25) is 0 Å². The van der Waals surface area contributed by atoms with Crippen LogP contribution in [-0.2, 0) is 21.4 Å². The van der Waals surface area contributed by atoms with Crippen LogP contribution in [0.1, 0.15) is 55.4 Å². The van der Waals surface area contributed by atoms with Crippen molar-refractivity contribution in [2.45, 2.75) is 79.6 Å². The van der Waals surface area contributed by atoms with E-state index in [9.17, 15) is 0 Å². The van der Waals surface area contributed by atoms with Crippen LogP contribution >= 0.6 is 0 Å². The Bertz CT molecular complexity index is 159. The average Bonchev–Trinajstić information content (AvgIpc) is 1.95. The van der Waals surface area contributed by atoms with Crippen molar-refractivity contribution < 1.29 is 21.4 Å². The van der Waals surface area contributed by atoms with Crippen molar-refractivity contribution in [2.24, 2.45) is 0 Å². The molecule has 104 valence electrons. The van der Waals surface area contributed by atoms with Gasteiger partial charge in [-0.15, -0.1) is 0 Å². The number of hydrogen-bond acceptors (Lipinski definition) is 4. The second-order valence-electron chi connectivity index (χ2n) is 5.95. The summed E-state index contributed by atoms with van der Waals surface area (Å²) in [6.07, 6.45) is 0. The van der Waals surface area contributed by atoms with Gasteiger partial charge < -0.3 is 0 Å². The van der Waals surface area contributed by atoms with Crippen LogP contribution in [0, 0.1) is 0 Å². The summed E-state index contributed by atoms with van der Waals surface area (Å²) in [6.45, 7) is 17.6. The molecular formula is C12H32N4Zr. The number of rotatable bonds is 8. The van der Waals surface area contributed by atoms with Crippen LogP contribution in [0.4, 0.5) is 0 Å². The van der Waals surface area contributed by atoms with Crippen molar-refractivity contribution in [3.05, 3.63) is 0 Å². The van der Waals surface area contributed by atoms with Crippen LogP contribution in [0.3, 0.4) is 0 Å². The Labute approximate surface area is 114 Å². The molecule has 0 aliphatic heterocycles. The Kier molecular flexibility index (Phi) is 8.35. The maximum absolute atomic E-state index is 3.76. The molecule has 0 bridgehead atoms. The molecule has 0 aliphatic rings. The van der Waals surface area contributed by atoms with Gasteiger partial charge in [-0.05, 0) is 0 Å². The summed E-state index contributed by atoms with van der Waals surface area (Å²) >= 11 is -2.89. The summed E-state index contributed by atoms with van der Waals surface area (Å²) in [5.41, 5.74) is 0. The third-order valence-electron chi connectivity index (χ3n) is 2.02. The van der Waals surface area contributed by atoms with Crippen LogP contribution < -0.4 is 13.0 Å². The summed E-state index contributed by atoms with van der Waals surface area (Å²) in [4.78, 5) is 0. The molecule has 0 aromatic heterocycles. The average molecular weight is 324 g/mol. The van der Waals surface area contributed by atoms with Gasteiger partial charge in [-0.3, -0.25) is 0 Å². The summed E-state index contributed by atoms with van der Waals surface area (Å²) in [7, 11) is 0. The van der Waals surface area contributed by atoms with Gasteiger partial charge in [0.25, 0.3) is 0 Å². The first-order valence-electron chi connectivity index (χ1n) is 6.77. The Morgan fingerprint density at radius 2 is 0.647 bits per heavy atom. The van der Waals surface area contributed by atoms with E-state index in [1.165, 1.54) is 0 Å². The Morgan fingerprint density at radius 3 is 0.765 bits per heavy atom. The summed E-state index contributed by atoms with van der Waals surface area (Å²) < 4.78 is 15.1. The van der Waals surface area contributed by atoms with E-state index in [2.05, 4.69) is 68.4 Å². The molecule has 0 saturated heterocycles. The molecule has 4 nitrogen and oxygen atoms in total. The minimum atomic E-state index is -2.89. The Balaban J connectivity index is 4.89. The third-order valence-corrected chi connectivity index (χ3v) is 12.0. The first kappa shape index (κ1) is 17.7. The van der Waals surface area contributed by atoms with Gasteiger partial charge in [0.15, 0.2) is 0 Å². The van der Waals surface area contributed by atoms with E-state index in [1.54, 1.807) is 0 Å². The molecule has 0 aliphatic carbocycles. The molecule has 0 radical (unpaired) electrons. The summed E-state index contributed by atoms with van der Waals surface area (Å²) in [5, 5.41) is 0.